The maximum absolute atomic E-state index is 10.5. The van der Waals surface area contributed by atoms with Gasteiger partial charge in [0.05, 0.1) is 6.10 Å². The highest BCUT2D eigenvalue weighted by atomic mass is 16.3. The third-order valence-electron chi connectivity index (χ3n) is 4.21. The van der Waals surface area contributed by atoms with E-state index in [0.717, 1.165) is 0 Å². The Hall–Kier alpha value is -0.860. The lowest BCUT2D eigenvalue weighted by atomic mass is 9.87. The molecule has 1 aromatic carbocycles. The number of benzene rings is 1. The standard InChI is InChI=1S/C16H27NO/c1-11-8-12(2)14(13(3)9-11)10-15(18)16(4,5)17(6)7/h8-9,15,18H,10H2,1-7H3. The third kappa shape index (κ3) is 3.12. The lowest BCUT2D eigenvalue weighted by Crippen LogP contribution is -2.49. The highest BCUT2D eigenvalue weighted by Gasteiger charge is 2.30. The van der Waals surface area contributed by atoms with Crippen LogP contribution in [0, 0.1) is 20.8 Å². The molecule has 2 heteroatoms. The molecule has 0 aliphatic rings. The van der Waals surface area contributed by atoms with Gasteiger partial charge in [-0.1, -0.05) is 17.7 Å². The predicted molar refractivity (Wildman–Crippen MR) is 78.1 cm³/mol. The van der Waals surface area contributed by atoms with Crippen molar-refractivity contribution >= 4 is 0 Å². The number of aliphatic hydroxyl groups is 1. The van der Waals surface area contributed by atoms with E-state index in [2.05, 4.69) is 51.7 Å². The zero-order chi connectivity index (χ0) is 14.1. The summed E-state index contributed by atoms with van der Waals surface area (Å²) in [4.78, 5) is 2.08. The summed E-state index contributed by atoms with van der Waals surface area (Å²) in [5.74, 6) is 0. The molecule has 0 spiro atoms. The summed E-state index contributed by atoms with van der Waals surface area (Å²) < 4.78 is 0. The molecule has 1 atom stereocenters. The van der Waals surface area contributed by atoms with E-state index >= 15 is 0 Å². The molecule has 0 heterocycles. The van der Waals surface area contributed by atoms with Gasteiger partial charge in [0.2, 0.25) is 0 Å². The van der Waals surface area contributed by atoms with Crippen molar-refractivity contribution in [1.29, 1.82) is 0 Å². The van der Waals surface area contributed by atoms with Crippen molar-refractivity contribution in [3.05, 3.63) is 34.4 Å². The molecule has 0 radical (unpaired) electrons. The van der Waals surface area contributed by atoms with Crippen molar-refractivity contribution in [2.75, 3.05) is 14.1 Å². The van der Waals surface area contributed by atoms with E-state index in [1.54, 1.807) is 0 Å². The van der Waals surface area contributed by atoms with Crippen LogP contribution in [-0.2, 0) is 6.42 Å². The number of likely N-dealkylation sites (N-methyl/N-ethyl adjacent to an activating group) is 1. The second-order valence-electron chi connectivity index (χ2n) is 6.15. The molecule has 0 aromatic heterocycles. The number of nitrogens with zero attached hydrogens (tertiary/aromatic N) is 1. The van der Waals surface area contributed by atoms with Gasteiger partial charge >= 0.3 is 0 Å². The molecule has 0 fully saturated rings. The first kappa shape index (κ1) is 15.2. The van der Waals surface area contributed by atoms with Gasteiger partial charge in [-0.25, -0.2) is 0 Å². The Labute approximate surface area is 112 Å². The minimum atomic E-state index is -0.368. The molecule has 0 saturated heterocycles. The monoisotopic (exact) mass is 249 g/mol. The van der Waals surface area contributed by atoms with Crippen LogP contribution in [0.1, 0.15) is 36.1 Å². The van der Waals surface area contributed by atoms with Gasteiger partial charge < -0.3 is 10.0 Å². The number of hydrogen-bond donors (Lipinski definition) is 1. The van der Waals surface area contributed by atoms with Crippen LogP contribution in [-0.4, -0.2) is 35.7 Å². The average Bonchev–Trinajstić information content (AvgIpc) is 2.22. The van der Waals surface area contributed by atoms with Crippen molar-refractivity contribution in [2.45, 2.75) is 52.7 Å². The summed E-state index contributed by atoms with van der Waals surface area (Å²) in [6.07, 6.45) is 0.343. The smallest absolute Gasteiger partial charge is 0.0758 e. The van der Waals surface area contributed by atoms with Gasteiger partial charge in [-0.3, -0.25) is 0 Å². The van der Waals surface area contributed by atoms with Crippen LogP contribution in [0.25, 0.3) is 0 Å². The lowest BCUT2D eigenvalue weighted by Gasteiger charge is -2.37. The normalized spacial score (nSPS) is 14.1. The summed E-state index contributed by atoms with van der Waals surface area (Å²) in [5.41, 5.74) is 4.91. The highest BCUT2D eigenvalue weighted by molar-refractivity contribution is 5.38. The quantitative estimate of drug-likeness (QED) is 0.887. The molecule has 1 aromatic rings. The zero-order valence-corrected chi connectivity index (χ0v) is 12.8. The summed E-state index contributed by atoms with van der Waals surface area (Å²) in [6, 6.07) is 4.38. The molecule has 0 bridgehead atoms. The first-order chi connectivity index (χ1) is 8.16. The van der Waals surface area contributed by atoms with Crippen LogP contribution in [0.5, 0.6) is 0 Å². The van der Waals surface area contributed by atoms with Gasteiger partial charge in [0.15, 0.2) is 0 Å². The van der Waals surface area contributed by atoms with Crippen LogP contribution in [0.2, 0.25) is 0 Å². The van der Waals surface area contributed by atoms with Gasteiger partial charge in [0, 0.05) is 12.0 Å². The number of aryl methyl sites for hydroxylation is 3. The van der Waals surface area contributed by atoms with Gasteiger partial charge in [0.25, 0.3) is 0 Å². The molecule has 0 amide bonds. The largest absolute Gasteiger partial charge is 0.391 e. The van der Waals surface area contributed by atoms with Crippen molar-refractivity contribution in [1.82, 2.24) is 4.90 Å². The van der Waals surface area contributed by atoms with E-state index in [4.69, 9.17) is 0 Å². The maximum Gasteiger partial charge on any atom is 0.0758 e. The molecule has 1 unspecified atom stereocenters. The van der Waals surface area contributed by atoms with Gasteiger partial charge in [-0.15, -0.1) is 0 Å². The van der Waals surface area contributed by atoms with Gasteiger partial charge in [-0.05, 0) is 65.4 Å². The molecule has 18 heavy (non-hydrogen) atoms. The fourth-order valence-electron chi connectivity index (χ4n) is 2.27. The number of hydrogen-bond acceptors (Lipinski definition) is 2. The van der Waals surface area contributed by atoms with Crippen molar-refractivity contribution in [3.8, 4) is 0 Å². The van der Waals surface area contributed by atoms with Gasteiger partial charge in [-0.2, -0.15) is 0 Å². The second-order valence-corrected chi connectivity index (χ2v) is 6.15. The fourth-order valence-corrected chi connectivity index (χ4v) is 2.27. The Morgan fingerprint density at radius 1 is 1.11 bits per heavy atom. The summed E-state index contributed by atoms with van der Waals surface area (Å²) >= 11 is 0. The number of aliphatic hydroxyl groups excluding tert-OH is 1. The molecule has 1 rings (SSSR count). The first-order valence-electron chi connectivity index (χ1n) is 6.58. The Kier molecular flexibility index (Phi) is 4.57. The van der Waals surface area contributed by atoms with Crippen LogP contribution in [0.3, 0.4) is 0 Å². The fraction of sp³-hybridized carbons (Fsp3) is 0.625. The molecule has 0 aliphatic heterocycles. The van der Waals surface area contributed by atoms with Crippen molar-refractivity contribution < 1.29 is 5.11 Å². The third-order valence-corrected chi connectivity index (χ3v) is 4.21. The van der Waals surface area contributed by atoms with E-state index < -0.39 is 0 Å². The molecule has 2 nitrogen and oxygen atoms in total. The summed E-state index contributed by atoms with van der Waals surface area (Å²) in [5, 5.41) is 10.5. The second kappa shape index (κ2) is 5.41. The topological polar surface area (TPSA) is 23.5 Å². The number of rotatable bonds is 4. The van der Waals surface area contributed by atoms with E-state index in [1.165, 1.54) is 22.3 Å². The maximum atomic E-state index is 10.5. The van der Waals surface area contributed by atoms with Crippen LogP contribution >= 0.6 is 0 Å². The first-order valence-corrected chi connectivity index (χ1v) is 6.58. The molecule has 0 aliphatic carbocycles. The summed E-state index contributed by atoms with van der Waals surface area (Å²) in [6.45, 7) is 10.5. The Morgan fingerprint density at radius 3 is 1.94 bits per heavy atom. The Morgan fingerprint density at radius 2 is 1.56 bits per heavy atom. The average molecular weight is 249 g/mol. The Bertz CT molecular complexity index is 398. The molecular weight excluding hydrogens is 222 g/mol. The SMILES string of the molecule is Cc1cc(C)c(CC(O)C(C)(C)N(C)C)c(C)c1. The summed E-state index contributed by atoms with van der Waals surface area (Å²) in [7, 11) is 4.02. The molecule has 1 N–H and O–H groups in total. The van der Waals surface area contributed by atoms with Crippen molar-refractivity contribution in [2.24, 2.45) is 0 Å². The van der Waals surface area contributed by atoms with E-state index in [9.17, 15) is 5.11 Å². The zero-order valence-electron chi connectivity index (χ0n) is 12.8. The van der Waals surface area contributed by atoms with E-state index in [1.807, 2.05) is 14.1 Å². The van der Waals surface area contributed by atoms with Crippen molar-refractivity contribution in [3.63, 3.8) is 0 Å². The molecular formula is C16H27NO. The minimum Gasteiger partial charge on any atom is -0.391 e. The molecule has 0 saturated carbocycles. The Balaban J connectivity index is 2.99. The minimum absolute atomic E-state index is 0.218. The van der Waals surface area contributed by atoms with Gasteiger partial charge in [0.1, 0.15) is 0 Å². The van der Waals surface area contributed by atoms with Crippen LogP contribution in [0.15, 0.2) is 12.1 Å². The van der Waals surface area contributed by atoms with E-state index in [-0.39, 0.29) is 11.6 Å². The van der Waals surface area contributed by atoms with E-state index in [0.29, 0.717) is 6.42 Å². The van der Waals surface area contributed by atoms with Crippen LogP contribution < -0.4 is 0 Å². The predicted octanol–water partition coefficient (Wildman–Crippen LogP) is 2.86. The lowest BCUT2D eigenvalue weighted by molar-refractivity contribution is 0.0181. The van der Waals surface area contributed by atoms with Crippen LogP contribution in [0.4, 0.5) is 0 Å². The molecule has 102 valence electrons. The highest BCUT2D eigenvalue weighted by Crippen LogP contribution is 2.24.